The van der Waals surface area contributed by atoms with Crippen molar-refractivity contribution < 1.29 is 13.2 Å². The van der Waals surface area contributed by atoms with Crippen molar-refractivity contribution in [1.82, 2.24) is 19.5 Å². The summed E-state index contributed by atoms with van der Waals surface area (Å²) in [5.41, 5.74) is 1.47. The Morgan fingerprint density at radius 1 is 1.36 bits per heavy atom. The van der Waals surface area contributed by atoms with Gasteiger partial charge in [-0.3, -0.25) is 14.7 Å². The normalized spacial score (nSPS) is 17.9. The summed E-state index contributed by atoms with van der Waals surface area (Å²) in [6.07, 6.45) is 4.19. The fourth-order valence-corrected chi connectivity index (χ4v) is 4.95. The Morgan fingerprint density at radius 3 is 2.89 bits per heavy atom. The maximum Gasteiger partial charge on any atom is 0.242 e. The van der Waals surface area contributed by atoms with Crippen LogP contribution in [0.3, 0.4) is 0 Å². The zero-order chi connectivity index (χ0) is 20.3. The van der Waals surface area contributed by atoms with E-state index in [-0.39, 0.29) is 16.8 Å². The first-order valence-corrected chi connectivity index (χ1v) is 11.1. The molecule has 8 heteroatoms. The first-order valence-electron chi connectivity index (χ1n) is 9.60. The summed E-state index contributed by atoms with van der Waals surface area (Å²) in [5, 5.41) is 0.810. The highest BCUT2D eigenvalue weighted by molar-refractivity contribution is 7.89. The molecule has 2 aromatic rings. The predicted octanol–water partition coefficient (Wildman–Crippen LogP) is 1.76. The molecular formula is C20H28N4O3S. The highest BCUT2D eigenvalue weighted by Gasteiger charge is 2.31. The zero-order valence-corrected chi connectivity index (χ0v) is 17.5. The number of hydrogen-bond donors (Lipinski definition) is 1. The second kappa shape index (κ2) is 8.55. The number of aromatic nitrogens is 1. The van der Waals surface area contributed by atoms with Crippen LogP contribution in [0.2, 0.25) is 0 Å². The van der Waals surface area contributed by atoms with E-state index in [0.717, 1.165) is 30.3 Å². The summed E-state index contributed by atoms with van der Waals surface area (Å²) in [5.74, 6) is 0.121. The molecule has 1 N–H and O–H groups in total. The second-order valence-corrected chi connectivity index (χ2v) is 9.25. The molecule has 0 spiro atoms. The molecule has 152 valence electrons. The number of carbonyl (C=O) groups is 1. The van der Waals surface area contributed by atoms with Crippen LogP contribution >= 0.6 is 0 Å². The molecule has 7 nitrogen and oxygen atoms in total. The van der Waals surface area contributed by atoms with Crippen molar-refractivity contribution in [3.05, 3.63) is 36.0 Å². The van der Waals surface area contributed by atoms with Gasteiger partial charge in [-0.2, -0.15) is 0 Å². The Morgan fingerprint density at radius 2 is 2.14 bits per heavy atom. The smallest absolute Gasteiger partial charge is 0.242 e. The van der Waals surface area contributed by atoms with E-state index in [2.05, 4.69) is 14.6 Å². The first-order chi connectivity index (χ1) is 13.3. The first kappa shape index (κ1) is 20.7. The Bertz CT molecular complexity index is 959. The van der Waals surface area contributed by atoms with Gasteiger partial charge in [-0.05, 0) is 50.4 Å². The molecule has 0 bridgehead atoms. The van der Waals surface area contributed by atoms with Crippen LogP contribution in [-0.2, 0) is 14.8 Å². The van der Waals surface area contributed by atoms with Gasteiger partial charge in [0.1, 0.15) is 4.90 Å². The third-order valence-corrected chi connectivity index (χ3v) is 6.60. The van der Waals surface area contributed by atoms with E-state index in [9.17, 15) is 13.2 Å². The van der Waals surface area contributed by atoms with E-state index in [1.807, 2.05) is 19.1 Å². The standard InChI is InChI=1S/C20H28N4O3S/c1-15-13-16-7-4-9-18(19(16)21-14-15)28(26,27)22-10-6-12-24-11-5-8-17(24)20(25)23(2)3/h4,7,9,13-14,17,22H,5-6,8,10-12H2,1-3H3. The van der Waals surface area contributed by atoms with E-state index >= 15 is 0 Å². The van der Waals surface area contributed by atoms with Crippen molar-refractivity contribution in [1.29, 1.82) is 0 Å². The van der Waals surface area contributed by atoms with Gasteiger partial charge in [0.2, 0.25) is 15.9 Å². The number of likely N-dealkylation sites (tertiary alicyclic amines) is 1. The molecule has 28 heavy (non-hydrogen) atoms. The van der Waals surface area contributed by atoms with Crippen molar-refractivity contribution in [3.63, 3.8) is 0 Å². The minimum atomic E-state index is -3.64. The summed E-state index contributed by atoms with van der Waals surface area (Å²) in [6.45, 7) is 3.83. The molecule has 0 aliphatic carbocycles. The van der Waals surface area contributed by atoms with Crippen LogP contribution in [0.25, 0.3) is 10.9 Å². The van der Waals surface area contributed by atoms with Gasteiger partial charge in [-0.15, -0.1) is 0 Å². The van der Waals surface area contributed by atoms with E-state index < -0.39 is 10.0 Å². The van der Waals surface area contributed by atoms with Gasteiger partial charge >= 0.3 is 0 Å². The molecule has 1 atom stereocenters. The van der Waals surface area contributed by atoms with Crippen molar-refractivity contribution in [2.75, 3.05) is 33.7 Å². The molecule has 1 fully saturated rings. The third kappa shape index (κ3) is 4.51. The van der Waals surface area contributed by atoms with Gasteiger partial charge < -0.3 is 4.90 Å². The van der Waals surface area contributed by atoms with E-state index in [4.69, 9.17) is 0 Å². The number of nitrogens with one attached hydrogen (secondary N) is 1. The molecule has 1 aromatic heterocycles. The van der Waals surface area contributed by atoms with Crippen LogP contribution in [0.5, 0.6) is 0 Å². The number of amides is 1. The van der Waals surface area contributed by atoms with Crippen molar-refractivity contribution in [2.24, 2.45) is 0 Å². The number of nitrogens with zero attached hydrogens (tertiary/aromatic N) is 3. The van der Waals surface area contributed by atoms with Gasteiger partial charge in [0, 0.05) is 38.8 Å². The number of sulfonamides is 1. The Balaban J connectivity index is 1.61. The Hall–Kier alpha value is -2.03. The predicted molar refractivity (Wildman–Crippen MR) is 110 cm³/mol. The summed E-state index contributed by atoms with van der Waals surface area (Å²) >= 11 is 0. The monoisotopic (exact) mass is 404 g/mol. The topological polar surface area (TPSA) is 82.6 Å². The van der Waals surface area contributed by atoms with Crippen LogP contribution in [0.4, 0.5) is 0 Å². The van der Waals surface area contributed by atoms with Crippen LogP contribution in [0.1, 0.15) is 24.8 Å². The maximum absolute atomic E-state index is 12.8. The number of fused-ring (bicyclic) bond motifs is 1. The SMILES string of the molecule is Cc1cnc2c(S(=O)(=O)NCCCN3CCCC3C(=O)N(C)C)cccc2c1. The van der Waals surface area contributed by atoms with Gasteiger partial charge in [0.15, 0.2) is 0 Å². The minimum Gasteiger partial charge on any atom is -0.347 e. The molecule has 1 aliphatic heterocycles. The molecule has 1 aliphatic rings. The zero-order valence-electron chi connectivity index (χ0n) is 16.7. The van der Waals surface area contributed by atoms with Crippen LogP contribution < -0.4 is 4.72 Å². The average Bonchev–Trinajstić information content (AvgIpc) is 3.12. The second-order valence-electron chi connectivity index (χ2n) is 7.52. The molecular weight excluding hydrogens is 376 g/mol. The number of hydrogen-bond acceptors (Lipinski definition) is 5. The molecule has 0 radical (unpaired) electrons. The largest absolute Gasteiger partial charge is 0.347 e. The lowest BCUT2D eigenvalue weighted by atomic mass is 10.2. The van der Waals surface area contributed by atoms with Crippen molar-refractivity contribution in [3.8, 4) is 0 Å². The number of pyridine rings is 1. The highest BCUT2D eigenvalue weighted by Crippen LogP contribution is 2.22. The van der Waals surface area contributed by atoms with Gasteiger partial charge in [0.25, 0.3) is 0 Å². The van der Waals surface area contributed by atoms with E-state index in [1.54, 1.807) is 37.3 Å². The molecule has 1 amide bonds. The van der Waals surface area contributed by atoms with E-state index in [1.165, 1.54) is 0 Å². The molecule has 2 heterocycles. The maximum atomic E-state index is 12.8. The molecule has 1 unspecified atom stereocenters. The number of benzene rings is 1. The lowest BCUT2D eigenvalue weighted by Gasteiger charge is -2.26. The number of carbonyl (C=O) groups excluding carboxylic acids is 1. The molecule has 1 aromatic carbocycles. The molecule has 1 saturated heterocycles. The highest BCUT2D eigenvalue weighted by atomic mass is 32.2. The fourth-order valence-electron chi connectivity index (χ4n) is 3.70. The lowest BCUT2D eigenvalue weighted by Crippen LogP contribution is -2.43. The van der Waals surface area contributed by atoms with Crippen LogP contribution in [-0.4, -0.2) is 68.9 Å². The van der Waals surface area contributed by atoms with Gasteiger partial charge in [0.05, 0.1) is 11.6 Å². The Kier molecular flexibility index (Phi) is 6.32. The van der Waals surface area contributed by atoms with Crippen molar-refractivity contribution >= 4 is 26.8 Å². The number of rotatable bonds is 7. The number of para-hydroxylation sites is 1. The quantitative estimate of drug-likeness (QED) is 0.711. The van der Waals surface area contributed by atoms with Crippen LogP contribution in [0.15, 0.2) is 35.4 Å². The number of aryl methyl sites for hydroxylation is 1. The third-order valence-electron chi connectivity index (χ3n) is 5.10. The molecule has 0 saturated carbocycles. The molecule has 3 rings (SSSR count). The summed E-state index contributed by atoms with van der Waals surface area (Å²) in [4.78, 5) is 20.5. The van der Waals surface area contributed by atoms with Gasteiger partial charge in [-0.25, -0.2) is 13.1 Å². The Labute approximate surface area is 166 Å². The van der Waals surface area contributed by atoms with Gasteiger partial charge in [-0.1, -0.05) is 12.1 Å². The summed E-state index contributed by atoms with van der Waals surface area (Å²) < 4.78 is 28.2. The summed E-state index contributed by atoms with van der Waals surface area (Å²) in [6, 6.07) is 7.02. The fraction of sp³-hybridized carbons (Fsp3) is 0.500. The average molecular weight is 405 g/mol. The number of likely N-dealkylation sites (N-methyl/N-ethyl adjacent to an activating group) is 1. The lowest BCUT2D eigenvalue weighted by molar-refractivity contribution is -0.133. The van der Waals surface area contributed by atoms with E-state index in [0.29, 0.717) is 25.0 Å². The van der Waals surface area contributed by atoms with Crippen LogP contribution in [0, 0.1) is 6.92 Å². The van der Waals surface area contributed by atoms with Crippen molar-refractivity contribution in [2.45, 2.75) is 37.1 Å². The summed E-state index contributed by atoms with van der Waals surface area (Å²) in [7, 11) is -0.104. The minimum absolute atomic E-state index is 0.0860.